The van der Waals surface area contributed by atoms with E-state index in [1.807, 2.05) is 54.6 Å². The first-order valence-corrected chi connectivity index (χ1v) is 6.98. The van der Waals surface area contributed by atoms with E-state index in [9.17, 15) is 4.79 Å². The summed E-state index contributed by atoms with van der Waals surface area (Å²) in [4.78, 5) is 13.7. The van der Waals surface area contributed by atoms with Crippen LogP contribution < -0.4 is 10.6 Å². The van der Waals surface area contributed by atoms with E-state index in [1.165, 1.54) is 0 Å². The van der Waals surface area contributed by atoms with Crippen LogP contribution in [0.1, 0.15) is 17.5 Å². The summed E-state index contributed by atoms with van der Waals surface area (Å²) in [5, 5.41) is 0. The van der Waals surface area contributed by atoms with Gasteiger partial charge in [0, 0.05) is 23.4 Å². The van der Waals surface area contributed by atoms with Gasteiger partial charge in [-0.3, -0.25) is 4.79 Å². The number of hydrogen-bond donors (Lipinski definition) is 1. The quantitative estimate of drug-likeness (QED) is 0.823. The van der Waals surface area contributed by atoms with Gasteiger partial charge in [-0.25, -0.2) is 0 Å². The fraction of sp³-hybridized carbons (Fsp3) is 0.167. The Kier molecular flexibility index (Phi) is 5.21. The van der Waals surface area contributed by atoms with Crippen molar-refractivity contribution in [3.8, 4) is 11.8 Å². The first-order valence-electron chi connectivity index (χ1n) is 6.98. The number of nitrogens with two attached hydrogens (primary N) is 1. The molecule has 1 aliphatic rings. The molecule has 2 N–H and O–H groups in total. The Bertz CT molecular complexity index is 719. The molecular weight excluding hydrogens is 296 g/mol. The van der Waals surface area contributed by atoms with E-state index < -0.39 is 0 Å². The SMILES string of the molecule is Cl.NC1CCN(c2cccc(C#Cc3ccccc3)c2)C1=O. The van der Waals surface area contributed by atoms with Gasteiger partial charge in [-0.15, -0.1) is 12.4 Å². The van der Waals surface area contributed by atoms with Crippen LogP contribution >= 0.6 is 12.4 Å². The summed E-state index contributed by atoms with van der Waals surface area (Å²) in [5.74, 6) is 6.24. The summed E-state index contributed by atoms with van der Waals surface area (Å²) >= 11 is 0. The number of rotatable bonds is 1. The maximum absolute atomic E-state index is 12.0. The van der Waals surface area contributed by atoms with E-state index in [4.69, 9.17) is 5.73 Å². The highest BCUT2D eigenvalue weighted by molar-refractivity contribution is 5.99. The molecule has 2 aromatic rings. The van der Waals surface area contributed by atoms with Crippen molar-refractivity contribution in [3.05, 3.63) is 65.7 Å². The van der Waals surface area contributed by atoms with Crippen molar-refractivity contribution in [2.45, 2.75) is 12.5 Å². The smallest absolute Gasteiger partial charge is 0.243 e. The third kappa shape index (κ3) is 3.48. The highest BCUT2D eigenvalue weighted by Gasteiger charge is 2.29. The van der Waals surface area contributed by atoms with Gasteiger partial charge in [-0.1, -0.05) is 36.1 Å². The van der Waals surface area contributed by atoms with Crippen LogP contribution in [-0.2, 0) is 4.79 Å². The first kappa shape index (κ1) is 16.1. The van der Waals surface area contributed by atoms with Crippen molar-refractivity contribution < 1.29 is 4.79 Å². The minimum atomic E-state index is -0.371. The Morgan fingerprint density at radius 3 is 2.36 bits per heavy atom. The molecule has 0 spiro atoms. The minimum absolute atomic E-state index is 0. The molecule has 1 atom stereocenters. The zero-order valence-corrected chi connectivity index (χ0v) is 12.8. The normalized spacial score (nSPS) is 16.7. The lowest BCUT2D eigenvalue weighted by Gasteiger charge is -2.16. The second-order valence-electron chi connectivity index (χ2n) is 5.05. The number of hydrogen-bond acceptors (Lipinski definition) is 2. The van der Waals surface area contributed by atoms with Gasteiger partial charge in [0.1, 0.15) is 0 Å². The molecule has 0 saturated carbocycles. The maximum atomic E-state index is 12.0. The van der Waals surface area contributed by atoms with Crippen LogP contribution in [0.25, 0.3) is 0 Å². The van der Waals surface area contributed by atoms with Gasteiger partial charge in [0.15, 0.2) is 0 Å². The van der Waals surface area contributed by atoms with E-state index in [2.05, 4.69) is 11.8 Å². The van der Waals surface area contributed by atoms with Crippen LogP contribution in [0.3, 0.4) is 0 Å². The average Bonchev–Trinajstić information content (AvgIpc) is 2.86. The van der Waals surface area contributed by atoms with Gasteiger partial charge >= 0.3 is 0 Å². The lowest BCUT2D eigenvalue weighted by atomic mass is 10.1. The molecule has 1 amide bonds. The standard InChI is InChI=1S/C18H16N2O.ClH/c19-17-11-12-20(18(17)21)16-8-4-7-15(13-16)10-9-14-5-2-1-3-6-14;/h1-8,13,17H,11-12,19H2;1H. The molecule has 0 radical (unpaired) electrons. The van der Waals surface area contributed by atoms with Crippen LogP contribution in [0.15, 0.2) is 54.6 Å². The zero-order valence-electron chi connectivity index (χ0n) is 12.0. The van der Waals surface area contributed by atoms with Gasteiger partial charge in [-0.05, 0) is 36.8 Å². The van der Waals surface area contributed by atoms with Gasteiger partial charge in [0.2, 0.25) is 5.91 Å². The zero-order chi connectivity index (χ0) is 14.7. The molecule has 0 aliphatic carbocycles. The highest BCUT2D eigenvalue weighted by atomic mass is 35.5. The largest absolute Gasteiger partial charge is 0.320 e. The number of nitrogens with zero attached hydrogens (tertiary/aromatic N) is 1. The number of carbonyl (C=O) groups excluding carboxylic acids is 1. The molecule has 1 aliphatic heterocycles. The topological polar surface area (TPSA) is 46.3 Å². The van der Waals surface area contributed by atoms with Gasteiger partial charge in [-0.2, -0.15) is 0 Å². The first-order chi connectivity index (χ1) is 10.2. The van der Waals surface area contributed by atoms with Gasteiger partial charge in [0.05, 0.1) is 6.04 Å². The molecule has 4 heteroatoms. The van der Waals surface area contributed by atoms with Crippen molar-refractivity contribution in [1.82, 2.24) is 0 Å². The number of anilines is 1. The van der Waals surface area contributed by atoms with Crippen LogP contribution in [0, 0.1) is 11.8 Å². The molecule has 2 aromatic carbocycles. The molecular formula is C18H17ClN2O. The third-order valence-corrected chi connectivity index (χ3v) is 3.53. The molecule has 1 unspecified atom stereocenters. The summed E-state index contributed by atoms with van der Waals surface area (Å²) in [5.41, 5.74) is 8.50. The number of benzene rings is 2. The summed E-state index contributed by atoms with van der Waals surface area (Å²) in [6.45, 7) is 0.676. The Hall–Kier alpha value is -2.28. The van der Waals surface area contributed by atoms with Gasteiger partial charge in [0.25, 0.3) is 0 Å². The Morgan fingerprint density at radius 1 is 1.00 bits per heavy atom. The van der Waals surface area contributed by atoms with Crippen LogP contribution in [0.5, 0.6) is 0 Å². The van der Waals surface area contributed by atoms with E-state index in [0.717, 1.165) is 16.8 Å². The molecule has 3 nitrogen and oxygen atoms in total. The molecule has 0 aromatic heterocycles. The third-order valence-electron chi connectivity index (χ3n) is 3.53. The number of halogens is 1. The predicted molar refractivity (Wildman–Crippen MR) is 91.1 cm³/mol. The number of amides is 1. The van der Waals surface area contributed by atoms with Crippen molar-refractivity contribution in [1.29, 1.82) is 0 Å². The second kappa shape index (κ2) is 7.13. The monoisotopic (exact) mass is 312 g/mol. The van der Waals surface area contributed by atoms with Crippen LogP contribution in [0.2, 0.25) is 0 Å². The molecule has 1 fully saturated rings. The number of carbonyl (C=O) groups is 1. The fourth-order valence-corrected chi connectivity index (χ4v) is 2.38. The Labute approximate surface area is 136 Å². The van der Waals surface area contributed by atoms with Crippen molar-refractivity contribution in [2.24, 2.45) is 5.73 Å². The average molecular weight is 313 g/mol. The maximum Gasteiger partial charge on any atom is 0.243 e. The second-order valence-corrected chi connectivity index (χ2v) is 5.05. The minimum Gasteiger partial charge on any atom is -0.320 e. The molecule has 1 saturated heterocycles. The lowest BCUT2D eigenvalue weighted by Crippen LogP contribution is -2.33. The summed E-state index contributed by atoms with van der Waals surface area (Å²) in [6, 6.07) is 17.2. The van der Waals surface area contributed by atoms with Crippen LogP contribution in [-0.4, -0.2) is 18.5 Å². The van der Waals surface area contributed by atoms with Crippen molar-refractivity contribution in [3.63, 3.8) is 0 Å². The lowest BCUT2D eigenvalue weighted by molar-refractivity contribution is -0.118. The van der Waals surface area contributed by atoms with E-state index >= 15 is 0 Å². The molecule has 1 heterocycles. The molecule has 112 valence electrons. The van der Waals surface area contributed by atoms with Crippen molar-refractivity contribution in [2.75, 3.05) is 11.4 Å². The molecule has 3 rings (SSSR count). The Balaban J connectivity index is 0.00000176. The molecule has 22 heavy (non-hydrogen) atoms. The summed E-state index contributed by atoms with van der Waals surface area (Å²) in [7, 11) is 0. The van der Waals surface area contributed by atoms with Crippen molar-refractivity contribution >= 4 is 24.0 Å². The van der Waals surface area contributed by atoms with E-state index in [-0.39, 0.29) is 24.4 Å². The summed E-state index contributed by atoms with van der Waals surface area (Å²) in [6.07, 6.45) is 0.707. The fourth-order valence-electron chi connectivity index (χ4n) is 2.38. The summed E-state index contributed by atoms with van der Waals surface area (Å²) < 4.78 is 0. The highest BCUT2D eigenvalue weighted by Crippen LogP contribution is 2.21. The van der Waals surface area contributed by atoms with Crippen LogP contribution in [0.4, 0.5) is 5.69 Å². The van der Waals surface area contributed by atoms with E-state index in [1.54, 1.807) is 4.90 Å². The Morgan fingerprint density at radius 2 is 1.68 bits per heavy atom. The van der Waals surface area contributed by atoms with E-state index in [0.29, 0.717) is 13.0 Å². The molecule has 0 bridgehead atoms. The predicted octanol–water partition coefficient (Wildman–Crippen LogP) is 2.57. The van der Waals surface area contributed by atoms with Gasteiger partial charge < -0.3 is 10.6 Å².